The third kappa shape index (κ3) is 6.99. The Hall–Kier alpha value is -3.35. The Bertz CT molecular complexity index is 1320. The number of carbonyl (C=O) groups is 1. The van der Waals surface area contributed by atoms with E-state index < -0.39 is 12.0 Å². The van der Waals surface area contributed by atoms with Crippen molar-refractivity contribution in [1.29, 1.82) is 0 Å². The van der Waals surface area contributed by atoms with E-state index in [2.05, 4.69) is 29.6 Å². The second kappa shape index (κ2) is 12.9. The predicted molar refractivity (Wildman–Crippen MR) is 164 cm³/mol. The number of ether oxygens (including phenoxy) is 2. The molecule has 42 heavy (non-hydrogen) atoms. The summed E-state index contributed by atoms with van der Waals surface area (Å²) in [4.78, 5) is 12.1. The molecule has 6 heteroatoms. The van der Waals surface area contributed by atoms with Crippen molar-refractivity contribution in [3.8, 4) is 11.5 Å². The van der Waals surface area contributed by atoms with E-state index >= 15 is 0 Å². The van der Waals surface area contributed by atoms with Gasteiger partial charge < -0.3 is 25.6 Å². The van der Waals surface area contributed by atoms with Gasteiger partial charge in [-0.3, -0.25) is 4.79 Å². The van der Waals surface area contributed by atoms with Crippen LogP contribution in [0.4, 0.5) is 0 Å². The van der Waals surface area contributed by atoms with Crippen molar-refractivity contribution in [2.45, 2.75) is 64.1 Å². The van der Waals surface area contributed by atoms with Crippen LogP contribution in [0.2, 0.25) is 0 Å². The zero-order valence-corrected chi connectivity index (χ0v) is 24.5. The summed E-state index contributed by atoms with van der Waals surface area (Å²) in [5.74, 6) is 3.72. The number of amides is 1. The summed E-state index contributed by atoms with van der Waals surface area (Å²) in [6.07, 6.45) is 9.98. The Kier molecular flexibility index (Phi) is 8.82. The van der Waals surface area contributed by atoms with Crippen molar-refractivity contribution < 1.29 is 19.4 Å². The Balaban J connectivity index is 0.948. The molecule has 0 unspecified atom stereocenters. The first kappa shape index (κ1) is 28.8. The van der Waals surface area contributed by atoms with E-state index in [9.17, 15) is 9.90 Å². The first-order valence-corrected chi connectivity index (χ1v) is 15.7. The molecule has 7 rings (SSSR count). The van der Waals surface area contributed by atoms with Crippen LogP contribution in [-0.4, -0.2) is 30.7 Å². The molecule has 3 aromatic carbocycles. The van der Waals surface area contributed by atoms with E-state index in [1.54, 1.807) is 18.2 Å². The molecule has 4 aliphatic carbocycles. The van der Waals surface area contributed by atoms with E-state index in [1.165, 1.54) is 50.5 Å². The maximum atomic E-state index is 12.1. The van der Waals surface area contributed by atoms with E-state index in [4.69, 9.17) is 15.2 Å². The standard InChI is InChI=1S/C36H44N2O4/c37-35(40)32-19-30(9-10-34(32)42-24-26-5-2-1-3-6-26)33(39)23-38-13-11-25-7-4-8-31(18-25)41-14-12-36-20-27-15-28(21-36)17-29(16-27)22-36/h1-10,18-19,27-29,33,38-39H,11-17,20-24H2,(H2,37,40)/t27?,28?,29?,33-,36?/m0/s1. The molecule has 4 aliphatic rings. The van der Waals surface area contributed by atoms with Gasteiger partial charge in [-0.05, 0) is 122 Å². The number of primary amides is 1. The van der Waals surface area contributed by atoms with Crippen LogP contribution in [0.5, 0.6) is 11.5 Å². The summed E-state index contributed by atoms with van der Waals surface area (Å²) in [5.41, 5.74) is 9.26. The molecule has 0 saturated heterocycles. The Morgan fingerprint density at radius 3 is 2.33 bits per heavy atom. The molecular weight excluding hydrogens is 524 g/mol. The highest BCUT2D eigenvalue weighted by atomic mass is 16.5. The second-order valence-corrected chi connectivity index (χ2v) is 13.0. The third-order valence-electron chi connectivity index (χ3n) is 9.78. The molecule has 4 bridgehead atoms. The molecular formula is C36H44N2O4. The van der Waals surface area contributed by atoms with Gasteiger partial charge in [0.25, 0.3) is 5.91 Å². The Morgan fingerprint density at radius 1 is 0.905 bits per heavy atom. The fourth-order valence-electron chi connectivity index (χ4n) is 8.17. The van der Waals surface area contributed by atoms with Crippen LogP contribution >= 0.6 is 0 Å². The van der Waals surface area contributed by atoms with E-state index in [1.807, 2.05) is 30.3 Å². The molecule has 1 atom stereocenters. The van der Waals surface area contributed by atoms with Gasteiger partial charge in [-0.15, -0.1) is 0 Å². The van der Waals surface area contributed by atoms with Crippen molar-refractivity contribution >= 4 is 5.91 Å². The normalized spacial score (nSPS) is 24.8. The summed E-state index contributed by atoms with van der Waals surface area (Å²) < 4.78 is 12.1. The average molecular weight is 569 g/mol. The third-order valence-corrected chi connectivity index (χ3v) is 9.78. The minimum absolute atomic E-state index is 0.266. The SMILES string of the molecule is NC(=O)c1cc([C@@H](O)CNCCc2cccc(OCCC34CC5CC(CC(C5)C3)C4)c2)ccc1OCc1ccccc1. The number of carbonyl (C=O) groups excluding carboxylic acids is 1. The Labute approximate surface area is 249 Å². The number of hydrogen-bond donors (Lipinski definition) is 3. The van der Waals surface area contributed by atoms with Gasteiger partial charge in [-0.2, -0.15) is 0 Å². The second-order valence-electron chi connectivity index (χ2n) is 13.0. The number of benzene rings is 3. The topological polar surface area (TPSA) is 93.8 Å². The number of nitrogens with two attached hydrogens (primary N) is 1. The van der Waals surface area contributed by atoms with Crippen LogP contribution in [0, 0.1) is 23.2 Å². The Morgan fingerprint density at radius 2 is 1.62 bits per heavy atom. The van der Waals surface area contributed by atoms with Gasteiger partial charge in [0, 0.05) is 6.54 Å². The molecule has 4 saturated carbocycles. The maximum absolute atomic E-state index is 12.1. The van der Waals surface area contributed by atoms with Crippen LogP contribution in [0.1, 0.15) is 78.1 Å². The number of rotatable bonds is 14. The maximum Gasteiger partial charge on any atom is 0.252 e. The van der Waals surface area contributed by atoms with Gasteiger partial charge in [0.2, 0.25) is 0 Å². The lowest BCUT2D eigenvalue weighted by Crippen LogP contribution is -2.46. The molecule has 0 spiro atoms. The average Bonchev–Trinajstić information content (AvgIpc) is 2.98. The highest BCUT2D eigenvalue weighted by Gasteiger charge is 2.50. The summed E-state index contributed by atoms with van der Waals surface area (Å²) in [7, 11) is 0. The molecule has 3 aromatic rings. The minimum Gasteiger partial charge on any atom is -0.494 e. The summed E-state index contributed by atoms with van der Waals surface area (Å²) >= 11 is 0. The monoisotopic (exact) mass is 568 g/mol. The molecule has 0 radical (unpaired) electrons. The summed E-state index contributed by atoms with van der Waals surface area (Å²) in [6.45, 7) is 2.22. The fraction of sp³-hybridized carbons (Fsp3) is 0.472. The number of aliphatic hydroxyl groups is 1. The lowest BCUT2D eigenvalue weighted by Gasteiger charge is -2.57. The molecule has 4 N–H and O–H groups in total. The first-order chi connectivity index (χ1) is 20.4. The van der Waals surface area contributed by atoms with Gasteiger partial charge >= 0.3 is 0 Å². The van der Waals surface area contributed by atoms with Gasteiger partial charge in [0.05, 0.1) is 18.3 Å². The van der Waals surface area contributed by atoms with Crippen LogP contribution in [0.15, 0.2) is 72.8 Å². The van der Waals surface area contributed by atoms with Crippen LogP contribution in [0.25, 0.3) is 0 Å². The summed E-state index contributed by atoms with van der Waals surface area (Å²) in [5, 5.41) is 14.1. The van der Waals surface area contributed by atoms with Crippen LogP contribution in [0.3, 0.4) is 0 Å². The van der Waals surface area contributed by atoms with Gasteiger partial charge in [-0.25, -0.2) is 0 Å². The van der Waals surface area contributed by atoms with Gasteiger partial charge in [0.15, 0.2) is 0 Å². The molecule has 4 fully saturated rings. The van der Waals surface area contributed by atoms with Crippen molar-refractivity contribution in [1.82, 2.24) is 5.32 Å². The predicted octanol–water partition coefficient (Wildman–Crippen LogP) is 6.22. The van der Waals surface area contributed by atoms with Gasteiger partial charge in [0.1, 0.15) is 18.1 Å². The number of nitrogens with one attached hydrogen (secondary N) is 1. The highest BCUT2D eigenvalue weighted by Crippen LogP contribution is 2.61. The van der Waals surface area contributed by atoms with Crippen LogP contribution < -0.4 is 20.5 Å². The van der Waals surface area contributed by atoms with Crippen LogP contribution in [-0.2, 0) is 13.0 Å². The summed E-state index contributed by atoms with van der Waals surface area (Å²) in [6, 6.07) is 23.2. The zero-order chi connectivity index (χ0) is 28.9. The van der Waals surface area contributed by atoms with E-state index in [0.29, 0.717) is 29.9 Å². The first-order valence-electron chi connectivity index (χ1n) is 15.7. The molecule has 0 aliphatic heterocycles. The van der Waals surface area contributed by atoms with E-state index in [-0.39, 0.29) is 5.56 Å². The largest absolute Gasteiger partial charge is 0.494 e. The van der Waals surface area contributed by atoms with Crippen molar-refractivity contribution in [2.24, 2.45) is 28.9 Å². The fourth-order valence-corrected chi connectivity index (χ4v) is 8.17. The highest BCUT2D eigenvalue weighted by molar-refractivity contribution is 5.95. The minimum atomic E-state index is -0.773. The lowest BCUT2D eigenvalue weighted by atomic mass is 9.49. The molecule has 6 nitrogen and oxygen atoms in total. The molecule has 0 aromatic heterocycles. The zero-order valence-electron chi connectivity index (χ0n) is 24.5. The van der Waals surface area contributed by atoms with Crippen molar-refractivity contribution in [3.05, 3.63) is 95.1 Å². The lowest BCUT2D eigenvalue weighted by molar-refractivity contribution is -0.0622. The smallest absolute Gasteiger partial charge is 0.252 e. The van der Waals surface area contributed by atoms with E-state index in [0.717, 1.165) is 48.6 Å². The molecule has 0 heterocycles. The molecule has 222 valence electrons. The number of aliphatic hydroxyl groups excluding tert-OH is 1. The number of hydrogen-bond acceptors (Lipinski definition) is 5. The van der Waals surface area contributed by atoms with Crippen molar-refractivity contribution in [3.63, 3.8) is 0 Å². The van der Waals surface area contributed by atoms with Crippen molar-refractivity contribution in [2.75, 3.05) is 19.7 Å². The quantitative estimate of drug-likeness (QED) is 0.201. The van der Waals surface area contributed by atoms with Gasteiger partial charge in [-0.1, -0.05) is 48.5 Å². The molecule has 1 amide bonds.